The van der Waals surface area contributed by atoms with Gasteiger partial charge >= 0.3 is 0 Å². The summed E-state index contributed by atoms with van der Waals surface area (Å²) in [5.74, 6) is 0. The number of rotatable bonds is 1. The molecule has 2 unspecified atom stereocenters. The van der Waals surface area contributed by atoms with Gasteiger partial charge in [0.2, 0.25) is 0 Å². The van der Waals surface area contributed by atoms with Gasteiger partial charge in [-0.3, -0.25) is 0 Å². The molecule has 0 radical (unpaired) electrons. The Labute approximate surface area is 111 Å². The molecule has 1 aliphatic carbocycles. The summed E-state index contributed by atoms with van der Waals surface area (Å²) in [5, 5.41) is 0. The van der Waals surface area contributed by atoms with Crippen molar-refractivity contribution in [2.24, 2.45) is 0 Å². The SMILES string of the molecule is BrC1CCCCCC1[n+]1ccccc1.[Br-]. The molecule has 15 heavy (non-hydrogen) atoms. The summed E-state index contributed by atoms with van der Waals surface area (Å²) in [4.78, 5) is 0.650. The smallest absolute Gasteiger partial charge is 0.170 e. The third kappa shape index (κ3) is 3.56. The van der Waals surface area contributed by atoms with E-state index < -0.39 is 0 Å². The lowest BCUT2D eigenvalue weighted by Gasteiger charge is -2.14. The standard InChI is InChI=1S/C12H17BrN.BrH/c13-11-7-3-1-4-8-12(11)14-9-5-2-6-10-14;/h2,5-6,9-12H,1,3-4,7-8H2;1H/q+1;/p-1. The fraction of sp³-hybridized carbons (Fsp3) is 0.583. The molecular weight excluding hydrogens is 318 g/mol. The lowest BCUT2D eigenvalue weighted by molar-refractivity contribution is -0.722. The maximum absolute atomic E-state index is 3.82. The van der Waals surface area contributed by atoms with E-state index >= 15 is 0 Å². The van der Waals surface area contributed by atoms with Gasteiger partial charge in [-0.2, -0.15) is 0 Å². The van der Waals surface area contributed by atoms with E-state index in [2.05, 4.69) is 51.1 Å². The molecule has 1 saturated carbocycles. The van der Waals surface area contributed by atoms with Crippen LogP contribution in [0.25, 0.3) is 0 Å². The average Bonchev–Trinajstić information content (AvgIpc) is 2.44. The Bertz CT molecular complexity index is 276. The third-order valence-corrected chi connectivity index (χ3v) is 4.09. The number of aromatic nitrogens is 1. The zero-order chi connectivity index (χ0) is 9.80. The molecule has 1 heterocycles. The Kier molecular flexibility index (Phi) is 5.83. The largest absolute Gasteiger partial charge is 1.00 e. The van der Waals surface area contributed by atoms with Gasteiger partial charge in [0, 0.05) is 18.6 Å². The van der Waals surface area contributed by atoms with Gasteiger partial charge in [0.15, 0.2) is 18.4 Å². The van der Waals surface area contributed by atoms with Crippen LogP contribution in [-0.2, 0) is 0 Å². The van der Waals surface area contributed by atoms with Crippen molar-refractivity contribution in [3.05, 3.63) is 30.6 Å². The molecule has 1 fully saturated rings. The van der Waals surface area contributed by atoms with Gasteiger partial charge in [-0.1, -0.05) is 34.8 Å². The van der Waals surface area contributed by atoms with Crippen LogP contribution in [0.1, 0.15) is 38.1 Å². The molecule has 1 aliphatic rings. The van der Waals surface area contributed by atoms with Crippen LogP contribution in [0, 0.1) is 0 Å². The average molecular weight is 335 g/mol. The zero-order valence-electron chi connectivity index (χ0n) is 8.78. The van der Waals surface area contributed by atoms with Gasteiger partial charge < -0.3 is 17.0 Å². The molecule has 0 aromatic carbocycles. The maximum Gasteiger partial charge on any atom is 0.170 e. The normalized spacial score (nSPS) is 26.5. The van der Waals surface area contributed by atoms with E-state index in [1.54, 1.807) is 0 Å². The van der Waals surface area contributed by atoms with E-state index in [-0.39, 0.29) is 17.0 Å². The van der Waals surface area contributed by atoms with Gasteiger partial charge in [-0.15, -0.1) is 0 Å². The molecule has 2 atom stereocenters. The van der Waals surface area contributed by atoms with E-state index in [9.17, 15) is 0 Å². The zero-order valence-corrected chi connectivity index (χ0v) is 12.0. The molecule has 0 aliphatic heterocycles. The predicted molar refractivity (Wildman–Crippen MR) is 61.5 cm³/mol. The van der Waals surface area contributed by atoms with E-state index in [1.165, 1.54) is 32.1 Å². The lowest BCUT2D eigenvalue weighted by atomic mass is 10.1. The summed E-state index contributed by atoms with van der Waals surface area (Å²) >= 11 is 3.82. The molecule has 1 nitrogen and oxygen atoms in total. The first-order chi connectivity index (χ1) is 6.88. The van der Waals surface area contributed by atoms with Crippen molar-refractivity contribution in [1.82, 2.24) is 0 Å². The van der Waals surface area contributed by atoms with Gasteiger partial charge in [-0.25, -0.2) is 4.57 Å². The number of hydrogen-bond donors (Lipinski definition) is 0. The molecular formula is C12H17Br2N. The highest BCUT2D eigenvalue weighted by atomic mass is 79.9. The van der Waals surface area contributed by atoms with Crippen LogP contribution in [0.5, 0.6) is 0 Å². The molecule has 0 saturated heterocycles. The second-order valence-electron chi connectivity index (χ2n) is 4.04. The molecule has 0 amide bonds. The Hall–Kier alpha value is 0.110. The summed E-state index contributed by atoms with van der Waals surface area (Å²) in [6.45, 7) is 0. The molecule has 1 aromatic rings. The van der Waals surface area contributed by atoms with Crippen molar-refractivity contribution in [2.75, 3.05) is 0 Å². The van der Waals surface area contributed by atoms with Crippen molar-refractivity contribution in [2.45, 2.75) is 43.0 Å². The topological polar surface area (TPSA) is 3.88 Å². The summed E-state index contributed by atoms with van der Waals surface area (Å²) in [6.07, 6.45) is 11.1. The van der Waals surface area contributed by atoms with Crippen molar-refractivity contribution in [3.63, 3.8) is 0 Å². The van der Waals surface area contributed by atoms with E-state index in [0.717, 1.165) is 0 Å². The number of halogens is 2. The van der Waals surface area contributed by atoms with Crippen LogP contribution in [0.2, 0.25) is 0 Å². The van der Waals surface area contributed by atoms with Crippen molar-refractivity contribution >= 4 is 15.9 Å². The van der Waals surface area contributed by atoms with Gasteiger partial charge in [0.05, 0.1) is 4.83 Å². The summed E-state index contributed by atoms with van der Waals surface area (Å²) in [5.41, 5.74) is 0. The Morgan fingerprint density at radius 2 is 1.60 bits per heavy atom. The minimum absolute atomic E-state index is 0. The van der Waals surface area contributed by atoms with Crippen LogP contribution in [0.4, 0.5) is 0 Å². The van der Waals surface area contributed by atoms with Crippen LogP contribution >= 0.6 is 15.9 Å². The van der Waals surface area contributed by atoms with E-state index in [4.69, 9.17) is 0 Å². The molecule has 84 valence electrons. The van der Waals surface area contributed by atoms with Crippen molar-refractivity contribution in [1.29, 1.82) is 0 Å². The Morgan fingerprint density at radius 3 is 2.33 bits per heavy atom. The van der Waals surface area contributed by atoms with Crippen LogP contribution in [-0.4, -0.2) is 4.83 Å². The first kappa shape index (κ1) is 13.2. The van der Waals surface area contributed by atoms with Gasteiger partial charge in [0.25, 0.3) is 0 Å². The van der Waals surface area contributed by atoms with E-state index in [0.29, 0.717) is 10.9 Å². The van der Waals surface area contributed by atoms with Crippen LogP contribution in [0.3, 0.4) is 0 Å². The molecule has 1 aromatic heterocycles. The summed E-state index contributed by atoms with van der Waals surface area (Å²) in [7, 11) is 0. The first-order valence-electron chi connectivity index (χ1n) is 5.48. The highest BCUT2D eigenvalue weighted by molar-refractivity contribution is 9.09. The van der Waals surface area contributed by atoms with Crippen LogP contribution in [0.15, 0.2) is 30.6 Å². The predicted octanol–water partition coefficient (Wildman–Crippen LogP) is 0.247. The molecule has 3 heteroatoms. The van der Waals surface area contributed by atoms with Crippen molar-refractivity contribution in [3.8, 4) is 0 Å². The fourth-order valence-corrected chi connectivity index (χ4v) is 3.07. The van der Waals surface area contributed by atoms with Crippen molar-refractivity contribution < 1.29 is 21.5 Å². The van der Waals surface area contributed by atoms with Gasteiger partial charge in [0.1, 0.15) is 0 Å². The number of nitrogens with zero attached hydrogens (tertiary/aromatic N) is 1. The fourth-order valence-electron chi connectivity index (χ4n) is 2.21. The summed E-state index contributed by atoms with van der Waals surface area (Å²) < 4.78 is 2.35. The Balaban J connectivity index is 0.00000112. The quantitative estimate of drug-likeness (QED) is 0.394. The molecule has 0 spiro atoms. The van der Waals surface area contributed by atoms with Crippen LogP contribution < -0.4 is 21.5 Å². The highest BCUT2D eigenvalue weighted by Crippen LogP contribution is 2.28. The van der Waals surface area contributed by atoms with Gasteiger partial charge in [-0.05, 0) is 12.8 Å². The maximum atomic E-state index is 3.82. The number of pyridine rings is 1. The molecule has 0 N–H and O–H groups in total. The second kappa shape index (κ2) is 6.64. The monoisotopic (exact) mass is 333 g/mol. The number of hydrogen-bond acceptors (Lipinski definition) is 0. The molecule has 0 bridgehead atoms. The summed E-state index contributed by atoms with van der Waals surface area (Å²) in [6, 6.07) is 6.96. The highest BCUT2D eigenvalue weighted by Gasteiger charge is 2.28. The first-order valence-corrected chi connectivity index (χ1v) is 6.39. The molecule has 2 rings (SSSR count). The minimum Gasteiger partial charge on any atom is -1.00 e. The third-order valence-electron chi connectivity index (χ3n) is 3.02. The number of alkyl halides is 1. The van der Waals surface area contributed by atoms with E-state index in [1.807, 2.05) is 0 Å². The second-order valence-corrected chi connectivity index (χ2v) is 5.22. The lowest BCUT2D eigenvalue weighted by Crippen LogP contribution is -3.00. The Morgan fingerprint density at radius 1 is 0.933 bits per heavy atom. The minimum atomic E-state index is 0.